The minimum absolute atomic E-state index is 0.0175. The number of hydrogen-bond donors (Lipinski definition) is 1. The number of aromatic nitrogens is 1. The fourth-order valence-corrected chi connectivity index (χ4v) is 1.52. The number of carboxylic acids is 1. The van der Waals surface area contributed by atoms with Gasteiger partial charge in [0.2, 0.25) is 0 Å². The van der Waals surface area contributed by atoms with Crippen LogP contribution in [0, 0.1) is 5.92 Å². The highest BCUT2D eigenvalue weighted by Gasteiger charge is 2.16. The molecule has 1 aromatic rings. The molecular weight excluding hydrogens is 214 g/mol. The second kappa shape index (κ2) is 4.98. The molecule has 0 aromatic carbocycles. The summed E-state index contributed by atoms with van der Waals surface area (Å²) >= 11 is 0. The lowest BCUT2D eigenvalue weighted by Gasteiger charge is -2.20. The van der Waals surface area contributed by atoms with Crippen LogP contribution in [0.5, 0.6) is 6.08 Å². The van der Waals surface area contributed by atoms with E-state index < -0.39 is 5.97 Å². The van der Waals surface area contributed by atoms with Crippen LogP contribution in [0.4, 0.5) is 0 Å². The van der Waals surface area contributed by atoms with Gasteiger partial charge < -0.3 is 19.0 Å². The number of rotatable bonds is 4. The molecular formula is C10H13NO5. The van der Waals surface area contributed by atoms with E-state index in [1.54, 1.807) is 0 Å². The molecule has 0 saturated carbocycles. The van der Waals surface area contributed by atoms with Crippen molar-refractivity contribution in [2.75, 3.05) is 19.8 Å². The van der Waals surface area contributed by atoms with Gasteiger partial charge >= 0.3 is 12.0 Å². The molecule has 0 aliphatic carbocycles. The molecule has 2 heterocycles. The number of carbonyl (C=O) groups is 1. The summed E-state index contributed by atoms with van der Waals surface area (Å²) in [6.07, 6.45) is 2.99. The van der Waals surface area contributed by atoms with Gasteiger partial charge in [-0.25, -0.2) is 4.79 Å². The Morgan fingerprint density at radius 2 is 2.31 bits per heavy atom. The lowest BCUT2D eigenvalue weighted by Crippen LogP contribution is -2.21. The topological polar surface area (TPSA) is 81.8 Å². The lowest BCUT2D eigenvalue weighted by atomic mass is 10.0. The van der Waals surface area contributed by atoms with Crippen molar-refractivity contribution in [1.82, 2.24) is 4.98 Å². The lowest BCUT2D eigenvalue weighted by molar-refractivity contribution is 0.0445. The molecule has 1 aliphatic heterocycles. The summed E-state index contributed by atoms with van der Waals surface area (Å²) in [6.45, 7) is 1.99. The SMILES string of the molecule is O=C(O)c1coc(OCC2CCOCC2)n1. The Morgan fingerprint density at radius 3 is 2.94 bits per heavy atom. The van der Waals surface area contributed by atoms with Crippen LogP contribution in [-0.4, -0.2) is 35.9 Å². The molecule has 6 heteroatoms. The van der Waals surface area contributed by atoms with Crippen LogP contribution >= 0.6 is 0 Å². The van der Waals surface area contributed by atoms with E-state index in [-0.39, 0.29) is 11.8 Å². The first-order valence-electron chi connectivity index (χ1n) is 5.15. The van der Waals surface area contributed by atoms with Crippen LogP contribution in [-0.2, 0) is 4.74 Å². The molecule has 16 heavy (non-hydrogen) atoms. The standard InChI is InChI=1S/C10H13NO5/c12-9(13)8-6-16-10(11-8)15-5-7-1-3-14-4-2-7/h6-7H,1-5H2,(H,12,13). The van der Waals surface area contributed by atoms with Crippen molar-refractivity contribution in [1.29, 1.82) is 0 Å². The first-order chi connectivity index (χ1) is 7.75. The van der Waals surface area contributed by atoms with Crippen LogP contribution in [0.3, 0.4) is 0 Å². The molecule has 1 aromatic heterocycles. The van der Waals surface area contributed by atoms with Crippen molar-refractivity contribution < 1.29 is 23.8 Å². The average molecular weight is 227 g/mol. The van der Waals surface area contributed by atoms with Crippen molar-refractivity contribution in [3.05, 3.63) is 12.0 Å². The highest BCUT2D eigenvalue weighted by molar-refractivity contribution is 5.84. The summed E-state index contributed by atoms with van der Waals surface area (Å²) in [6, 6.07) is 0. The third kappa shape index (κ3) is 2.73. The first-order valence-corrected chi connectivity index (χ1v) is 5.15. The Bertz CT molecular complexity index is 356. The minimum Gasteiger partial charge on any atom is -0.476 e. The molecule has 0 amide bonds. The van der Waals surface area contributed by atoms with Gasteiger partial charge in [-0.05, 0) is 18.8 Å². The fraction of sp³-hybridized carbons (Fsp3) is 0.600. The van der Waals surface area contributed by atoms with Gasteiger partial charge in [0.1, 0.15) is 6.26 Å². The Balaban J connectivity index is 1.81. The minimum atomic E-state index is -1.12. The Labute approximate surface area is 92.2 Å². The number of hydrogen-bond acceptors (Lipinski definition) is 5. The zero-order chi connectivity index (χ0) is 11.4. The molecule has 0 radical (unpaired) electrons. The second-order valence-corrected chi connectivity index (χ2v) is 3.67. The van der Waals surface area contributed by atoms with E-state index in [1.807, 2.05) is 0 Å². The largest absolute Gasteiger partial charge is 0.476 e. The Kier molecular flexibility index (Phi) is 3.40. The molecule has 0 bridgehead atoms. The van der Waals surface area contributed by atoms with Crippen LogP contribution in [0.15, 0.2) is 10.7 Å². The molecule has 88 valence electrons. The van der Waals surface area contributed by atoms with Crippen molar-refractivity contribution in [2.45, 2.75) is 12.8 Å². The van der Waals surface area contributed by atoms with E-state index in [0.29, 0.717) is 12.5 Å². The predicted molar refractivity (Wildman–Crippen MR) is 52.5 cm³/mol. The smallest absolute Gasteiger partial charge is 0.394 e. The van der Waals surface area contributed by atoms with E-state index in [0.717, 1.165) is 32.3 Å². The van der Waals surface area contributed by atoms with Gasteiger partial charge in [-0.3, -0.25) is 0 Å². The van der Waals surface area contributed by atoms with Gasteiger partial charge in [-0.15, -0.1) is 0 Å². The molecule has 0 unspecified atom stereocenters. The maximum absolute atomic E-state index is 10.5. The normalized spacial score (nSPS) is 17.2. The summed E-state index contributed by atoms with van der Waals surface area (Å²) in [5.41, 5.74) is -0.137. The molecule has 0 spiro atoms. The van der Waals surface area contributed by atoms with Crippen molar-refractivity contribution >= 4 is 5.97 Å². The zero-order valence-corrected chi connectivity index (χ0v) is 8.72. The van der Waals surface area contributed by atoms with Crippen molar-refractivity contribution in [2.24, 2.45) is 5.92 Å². The molecule has 2 rings (SSSR count). The van der Waals surface area contributed by atoms with Gasteiger partial charge in [0.15, 0.2) is 5.69 Å². The maximum atomic E-state index is 10.5. The van der Waals surface area contributed by atoms with Crippen molar-refractivity contribution in [3.63, 3.8) is 0 Å². The number of carboxylic acid groups (broad SMARTS) is 1. The second-order valence-electron chi connectivity index (χ2n) is 3.67. The molecule has 1 aliphatic rings. The molecule has 1 saturated heterocycles. The number of nitrogens with zero attached hydrogens (tertiary/aromatic N) is 1. The highest BCUT2D eigenvalue weighted by Crippen LogP contribution is 2.17. The third-order valence-corrected chi connectivity index (χ3v) is 2.49. The Morgan fingerprint density at radius 1 is 1.56 bits per heavy atom. The third-order valence-electron chi connectivity index (χ3n) is 2.49. The first kappa shape index (κ1) is 10.9. The summed E-state index contributed by atoms with van der Waals surface area (Å²) in [5, 5.41) is 8.62. The number of oxazole rings is 1. The van der Waals surface area contributed by atoms with E-state index in [9.17, 15) is 4.79 Å². The molecule has 6 nitrogen and oxygen atoms in total. The maximum Gasteiger partial charge on any atom is 0.394 e. The van der Waals surface area contributed by atoms with Crippen LogP contribution in [0.1, 0.15) is 23.3 Å². The van der Waals surface area contributed by atoms with Gasteiger partial charge in [-0.1, -0.05) is 0 Å². The van der Waals surface area contributed by atoms with Gasteiger partial charge in [0.25, 0.3) is 0 Å². The number of aromatic carboxylic acids is 1. The van der Waals surface area contributed by atoms with E-state index in [4.69, 9.17) is 19.0 Å². The van der Waals surface area contributed by atoms with Gasteiger partial charge in [-0.2, -0.15) is 4.98 Å². The highest BCUT2D eigenvalue weighted by atomic mass is 16.6. The van der Waals surface area contributed by atoms with Gasteiger partial charge in [0.05, 0.1) is 6.61 Å². The van der Waals surface area contributed by atoms with E-state index in [1.165, 1.54) is 0 Å². The van der Waals surface area contributed by atoms with Crippen molar-refractivity contribution in [3.8, 4) is 6.08 Å². The van der Waals surface area contributed by atoms with Crippen LogP contribution in [0.2, 0.25) is 0 Å². The van der Waals surface area contributed by atoms with E-state index >= 15 is 0 Å². The molecule has 1 fully saturated rings. The Hall–Kier alpha value is -1.56. The summed E-state index contributed by atoms with van der Waals surface area (Å²) in [5.74, 6) is -0.696. The zero-order valence-electron chi connectivity index (χ0n) is 8.72. The molecule has 0 atom stereocenters. The summed E-state index contributed by atoms with van der Waals surface area (Å²) in [7, 11) is 0. The van der Waals surface area contributed by atoms with Crippen LogP contribution < -0.4 is 4.74 Å². The fourth-order valence-electron chi connectivity index (χ4n) is 1.52. The van der Waals surface area contributed by atoms with E-state index in [2.05, 4.69) is 4.98 Å². The monoisotopic (exact) mass is 227 g/mol. The number of ether oxygens (including phenoxy) is 2. The summed E-state index contributed by atoms with van der Waals surface area (Å²) in [4.78, 5) is 14.2. The quantitative estimate of drug-likeness (QED) is 0.831. The van der Waals surface area contributed by atoms with Gasteiger partial charge in [0, 0.05) is 13.2 Å². The molecule has 1 N–H and O–H groups in total. The summed E-state index contributed by atoms with van der Waals surface area (Å²) < 4.78 is 15.4. The predicted octanol–water partition coefficient (Wildman–Crippen LogP) is 1.18. The van der Waals surface area contributed by atoms with Crippen LogP contribution in [0.25, 0.3) is 0 Å². The average Bonchev–Trinajstić information content (AvgIpc) is 2.76.